The lowest BCUT2D eigenvalue weighted by molar-refractivity contribution is -0.115. The third-order valence-electron chi connectivity index (χ3n) is 2.83. The number of halogens is 2. The van der Waals surface area contributed by atoms with Gasteiger partial charge in [-0.3, -0.25) is 9.78 Å². The topological polar surface area (TPSA) is 54.0 Å². The summed E-state index contributed by atoms with van der Waals surface area (Å²) in [7, 11) is 0. The number of hydrogen-bond acceptors (Lipinski definition) is 3. The molecule has 1 aromatic heterocycles. The molecule has 2 aromatic rings. The standard InChI is InChI=1S/C15H15Br2N3O/c1-2-15(21)20-12-5-3-11(4-6-12)18-9-14-13(17)7-10(16)8-19-14/h3-8,18H,2,9H2,1H3,(H,20,21). The van der Waals surface area contributed by atoms with Crippen LogP contribution in [0.2, 0.25) is 0 Å². The summed E-state index contributed by atoms with van der Waals surface area (Å²) in [6.45, 7) is 2.45. The van der Waals surface area contributed by atoms with E-state index >= 15 is 0 Å². The number of pyridine rings is 1. The first-order valence-corrected chi connectivity index (χ1v) is 8.11. The average molecular weight is 413 g/mol. The Kier molecular flexibility index (Phi) is 5.76. The Bertz CT molecular complexity index is 629. The van der Waals surface area contributed by atoms with E-state index in [9.17, 15) is 4.79 Å². The Labute approximate surface area is 140 Å². The van der Waals surface area contributed by atoms with Crippen LogP contribution in [0.15, 0.2) is 45.5 Å². The molecule has 0 saturated carbocycles. The van der Waals surface area contributed by atoms with E-state index in [1.54, 1.807) is 6.20 Å². The third-order valence-corrected chi connectivity index (χ3v) is 3.95. The van der Waals surface area contributed by atoms with Gasteiger partial charge in [-0.05, 0) is 62.2 Å². The van der Waals surface area contributed by atoms with Crippen molar-refractivity contribution in [3.63, 3.8) is 0 Å². The number of amides is 1. The van der Waals surface area contributed by atoms with Crippen LogP contribution in [0.1, 0.15) is 19.0 Å². The second kappa shape index (κ2) is 7.56. The van der Waals surface area contributed by atoms with Crippen LogP contribution in [-0.2, 0) is 11.3 Å². The van der Waals surface area contributed by atoms with Crippen molar-refractivity contribution in [3.05, 3.63) is 51.2 Å². The van der Waals surface area contributed by atoms with Crippen LogP contribution in [0.4, 0.5) is 11.4 Å². The highest BCUT2D eigenvalue weighted by atomic mass is 79.9. The molecule has 0 aliphatic rings. The molecule has 0 aliphatic carbocycles. The number of nitrogens with zero attached hydrogens (tertiary/aromatic N) is 1. The summed E-state index contributed by atoms with van der Waals surface area (Å²) >= 11 is 6.87. The van der Waals surface area contributed by atoms with E-state index in [1.807, 2.05) is 37.3 Å². The average Bonchev–Trinajstić information content (AvgIpc) is 2.48. The Balaban J connectivity index is 1.96. The van der Waals surface area contributed by atoms with Crippen LogP contribution in [0.5, 0.6) is 0 Å². The lowest BCUT2D eigenvalue weighted by Crippen LogP contribution is -2.09. The summed E-state index contributed by atoms with van der Waals surface area (Å²) in [6, 6.07) is 9.57. The van der Waals surface area contributed by atoms with Gasteiger partial charge < -0.3 is 10.6 Å². The van der Waals surface area contributed by atoms with Gasteiger partial charge in [-0.15, -0.1) is 0 Å². The van der Waals surface area contributed by atoms with Gasteiger partial charge in [0.25, 0.3) is 0 Å². The summed E-state index contributed by atoms with van der Waals surface area (Å²) in [4.78, 5) is 15.6. The molecular formula is C15H15Br2N3O. The van der Waals surface area contributed by atoms with Gasteiger partial charge in [0.1, 0.15) is 0 Å². The van der Waals surface area contributed by atoms with Gasteiger partial charge in [0.2, 0.25) is 5.91 Å². The molecule has 0 atom stereocenters. The first kappa shape index (κ1) is 16.0. The minimum Gasteiger partial charge on any atom is -0.379 e. The maximum absolute atomic E-state index is 11.3. The number of aromatic nitrogens is 1. The minimum atomic E-state index is 0.0127. The molecule has 0 aliphatic heterocycles. The Morgan fingerprint density at radius 3 is 2.48 bits per heavy atom. The summed E-state index contributed by atoms with van der Waals surface area (Å²) in [5, 5.41) is 6.11. The molecule has 21 heavy (non-hydrogen) atoms. The number of nitrogens with one attached hydrogen (secondary N) is 2. The maximum atomic E-state index is 11.3. The van der Waals surface area contributed by atoms with Gasteiger partial charge in [-0.2, -0.15) is 0 Å². The molecule has 1 heterocycles. The van der Waals surface area contributed by atoms with E-state index in [-0.39, 0.29) is 5.91 Å². The monoisotopic (exact) mass is 411 g/mol. The summed E-state index contributed by atoms with van der Waals surface area (Å²) in [5.41, 5.74) is 2.71. The van der Waals surface area contributed by atoms with Crippen LogP contribution < -0.4 is 10.6 Å². The SMILES string of the molecule is CCC(=O)Nc1ccc(NCc2ncc(Br)cc2Br)cc1. The van der Waals surface area contributed by atoms with Crippen LogP contribution in [0.25, 0.3) is 0 Å². The highest BCUT2D eigenvalue weighted by Crippen LogP contribution is 2.21. The zero-order valence-corrected chi connectivity index (χ0v) is 14.7. The molecule has 1 amide bonds. The van der Waals surface area contributed by atoms with Gasteiger partial charge in [-0.25, -0.2) is 0 Å². The van der Waals surface area contributed by atoms with Crippen molar-refractivity contribution in [1.82, 2.24) is 4.98 Å². The quantitative estimate of drug-likeness (QED) is 0.756. The van der Waals surface area contributed by atoms with Crippen LogP contribution in [-0.4, -0.2) is 10.9 Å². The molecule has 0 fully saturated rings. The zero-order valence-electron chi connectivity index (χ0n) is 11.5. The van der Waals surface area contributed by atoms with Crippen molar-refractivity contribution >= 4 is 49.1 Å². The van der Waals surface area contributed by atoms with Crippen molar-refractivity contribution in [2.45, 2.75) is 19.9 Å². The molecule has 6 heteroatoms. The van der Waals surface area contributed by atoms with E-state index in [0.29, 0.717) is 13.0 Å². The van der Waals surface area contributed by atoms with Crippen molar-refractivity contribution in [2.24, 2.45) is 0 Å². The lowest BCUT2D eigenvalue weighted by atomic mass is 10.2. The zero-order chi connectivity index (χ0) is 15.2. The van der Waals surface area contributed by atoms with Gasteiger partial charge >= 0.3 is 0 Å². The number of carbonyl (C=O) groups is 1. The number of carbonyl (C=O) groups excluding carboxylic acids is 1. The number of benzene rings is 1. The maximum Gasteiger partial charge on any atom is 0.224 e. The Morgan fingerprint density at radius 1 is 1.19 bits per heavy atom. The van der Waals surface area contributed by atoms with Crippen LogP contribution in [0, 0.1) is 0 Å². The molecule has 0 unspecified atom stereocenters. The minimum absolute atomic E-state index is 0.0127. The van der Waals surface area contributed by atoms with Crippen molar-refractivity contribution in [2.75, 3.05) is 10.6 Å². The van der Waals surface area contributed by atoms with Gasteiger partial charge in [-0.1, -0.05) is 6.92 Å². The molecule has 2 rings (SSSR count). The predicted octanol–water partition coefficient (Wildman–Crippen LogP) is 4.57. The molecule has 0 radical (unpaired) electrons. The van der Waals surface area contributed by atoms with E-state index in [2.05, 4.69) is 47.5 Å². The number of rotatable bonds is 5. The van der Waals surface area contributed by atoms with Gasteiger partial charge in [0.05, 0.1) is 12.2 Å². The van der Waals surface area contributed by atoms with E-state index in [0.717, 1.165) is 26.0 Å². The second-order valence-electron chi connectivity index (χ2n) is 4.41. The third kappa shape index (κ3) is 4.82. The molecule has 0 spiro atoms. The smallest absolute Gasteiger partial charge is 0.224 e. The van der Waals surface area contributed by atoms with Crippen molar-refractivity contribution < 1.29 is 4.79 Å². The van der Waals surface area contributed by atoms with Gasteiger partial charge in [0.15, 0.2) is 0 Å². The number of anilines is 2. The Hall–Kier alpha value is -1.40. The van der Waals surface area contributed by atoms with E-state index in [1.165, 1.54) is 0 Å². The molecule has 110 valence electrons. The van der Waals surface area contributed by atoms with Gasteiger partial charge in [0, 0.05) is 32.9 Å². The number of hydrogen-bond donors (Lipinski definition) is 2. The summed E-state index contributed by atoms with van der Waals surface area (Å²) in [5.74, 6) is 0.0127. The molecule has 0 saturated heterocycles. The highest BCUT2D eigenvalue weighted by Gasteiger charge is 2.03. The largest absolute Gasteiger partial charge is 0.379 e. The van der Waals surface area contributed by atoms with Crippen LogP contribution in [0.3, 0.4) is 0 Å². The highest BCUT2D eigenvalue weighted by molar-refractivity contribution is 9.11. The predicted molar refractivity (Wildman–Crippen MR) is 92.3 cm³/mol. The normalized spacial score (nSPS) is 10.2. The first-order chi connectivity index (χ1) is 10.1. The molecule has 2 N–H and O–H groups in total. The van der Waals surface area contributed by atoms with Crippen molar-refractivity contribution in [1.29, 1.82) is 0 Å². The molecule has 0 bridgehead atoms. The fourth-order valence-electron chi connectivity index (χ4n) is 1.68. The van der Waals surface area contributed by atoms with E-state index < -0.39 is 0 Å². The fourth-order valence-corrected chi connectivity index (χ4v) is 2.81. The first-order valence-electron chi connectivity index (χ1n) is 6.52. The lowest BCUT2D eigenvalue weighted by Gasteiger charge is -2.09. The summed E-state index contributed by atoms with van der Waals surface area (Å²) in [6.07, 6.45) is 2.24. The van der Waals surface area contributed by atoms with E-state index in [4.69, 9.17) is 0 Å². The Morgan fingerprint density at radius 2 is 1.86 bits per heavy atom. The summed E-state index contributed by atoms with van der Waals surface area (Å²) < 4.78 is 1.89. The molecule has 1 aromatic carbocycles. The van der Waals surface area contributed by atoms with Crippen molar-refractivity contribution in [3.8, 4) is 0 Å². The molecular weight excluding hydrogens is 398 g/mol. The van der Waals surface area contributed by atoms with Crippen LogP contribution >= 0.6 is 31.9 Å². The molecule has 4 nitrogen and oxygen atoms in total. The fraction of sp³-hybridized carbons (Fsp3) is 0.200. The second-order valence-corrected chi connectivity index (χ2v) is 6.18.